The molecular weight excluding hydrogens is 356 g/mol. The van der Waals surface area contributed by atoms with Crippen LogP contribution in [0.1, 0.15) is 39.3 Å². The van der Waals surface area contributed by atoms with E-state index in [4.69, 9.17) is 10.5 Å². The molecule has 2 heterocycles. The van der Waals surface area contributed by atoms with Gasteiger partial charge in [0, 0.05) is 42.2 Å². The number of hydrogen-bond acceptors (Lipinski definition) is 4. The lowest BCUT2D eigenvalue weighted by molar-refractivity contribution is 0.0854. The average molecular weight is 375 g/mol. The molecule has 0 radical (unpaired) electrons. The number of carbonyl (C=O) groups is 2. The second kappa shape index (κ2) is 8.13. The summed E-state index contributed by atoms with van der Waals surface area (Å²) in [5.74, 6) is -3.26. The third kappa shape index (κ3) is 4.06. The van der Waals surface area contributed by atoms with Gasteiger partial charge in [-0.15, -0.1) is 0 Å². The maximum absolute atomic E-state index is 14.0. The highest BCUT2D eigenvalue weighted by atomic mass is 19.2. The first kappa shape index (κ1) is 18.8. The summed E-state index contributed by atoms with van der Waals surface area (Å²) in [4.78, 5) is 27.5. The predicted molar refractivity (Wildman–Crippen MR) is 95.0 cm³/mol. The van der Waals surface area contributed by atoms with Crippen molar-refractivity contribution in [3.05, 3.63) is 65.1 Å². The molecule has 0 spiro atoms. The van der Waals surface area contributed by atoms with Crippen LogP contribution < -0.4 is 11.1 Å². The second-order valence-corrected chi connectivity index (χ2v) is 6.16. The van der Waals surface area contributed by atoms with Crippen molar-refractivity contribution in [1.29, 1.82) is 0 Å². The van der Waals surface area contributed by atoms with Gasteiger partial charge in [0.25, 0.3) is 5.91 Å². The van der Waals surface area contributed by atoms with Crippen LogP contribution in [-0.2, 0) is 4.74 Å². The third-order valence-electron chi connectivity index (χ3n) is 4.36. The van der Waals surface area contributed by atoms with E-state index < -0.39 is 17.4 Å². The Balaban J connectivity index is 1.73. The van der Waals surface area contributed by atoms with Crippen LogP contribution >= 0.6 is 0 Å². The maximum atomic E-state index is 14.0. The van der Waals surface area contributed by atoms with Crippen LogP contribution in [0.4, 0.5) is 8.78 Å². The van der Waals surface area contributed by atoms with Gasteiger partial charge >= 0.3 is 0 Å². The summed E-state index contributed by atoms with van der Waals surface area (Å²) >= 11 is 0. The molecule has 1 aromatic heterocycles. The van der Waals surface area contributed by atoms with Crippen LogP contribution in [0.15, 0.2) is 36.7 Å². The minimum absolute atomic E-state index is 0.00672. The number of aromatic nitrogens is 1. The van der Waals surface area contributed by atoms with Gasteiger partial charge in [-0.2, -0.15) is 0 Å². The van der Waals surface area contributed by atoms with Gasteiger partial charge in [0.1, 0.15) is 5.69 Å². The van der Waals surface area contributed by atoms with Gasteiger partial charge in [0.05, 0.1) is 6.10 Å². The maximum Gasteiger partial charge on any atom is 0.267 e. The Morgan fingerprint density at radius 1 is 1.37 bits per heavy atom. The van der Waals surface area contributed by atoms with Gasteiger partial charge in [0.2, 0.25) is 0 Å². The first-order valence-corrected chi connectivity index (χ1v) is 8.50. The molecule has 1 aliphatic heterocycles. The van der Waals surface area contributed by atoms with E-state index in [1.165, 1.54) is 24.4 Å². The Hall–Kier alpha value is -3.00. The number of rotatable bonds is 6. The Bertz CT molecular complexity index is 886. The van der Waals surface area contributed by atoms with Gasteiger partial charge < -0.3 is 20.8 Å². The van der Waals surface area contributed by atoms with E-state index in [1.807, 2.05) is 0 Å². The first-order valence-electron chi connectivity index (χ1n) is 8.50. The number of Topliss-reactive ketones (excluding diaryl/α,β-unsaturated/α-hetero) is 1. The van der Waals surface area contributed by atoms with Crippen LogP contribution in [0, 0.1) is 11.6 Å². The van der Waals surface area contributed by atoms with Crippen LogP contribution in [0.5, 0.6) is 0 Å². The van der Waals surface area contributed by atoms with Crippen molar-refractivity contribution in [3.8, 4) is 0 Å². The lowest BCUT2D eigenvalue weighted by atomic mass is 9.98. The molecular formula is C19H19F2N3O3. The van der Waals surface area contributed by atoms with Crippen molar-refractivity contribution in [3.63, 3.8) is 0 Å². The minimum atomic E-state index is -1.16. The Kier molecular flexibility index (Phi) is 5.66. The molecule has 0 bridgehead atoms. The fourth-order valence-corrected chi connectivity index (χ4v) is 2.92. The number of H-pyrrole nitrogens is 1. The zero-order valence-electron chi connectivity index (χ0n) is 14.4. The molecule has 1 amide bonds. The van der Waals surface area contributed by atoms with E-state index in [9.17, 15) is 18.4 Å². The molecule has 1 aliphatic rings. The Morgan fingerprint density at radius 2 is 2.19 bits per heavy atom. The summed E-state index contributed by atoms with van der Waals surface area (Å²) in [6.07, 6.45) is 4.09. The fraction of sp³-hybridized carbons (Fsp3) is 0.263. The predicted octanol–water partition coefficient (Wildman–Crippen LogP) is 2.38. The molecule has 142 valence electrons. The van der Waals surface area contributed by atoms with E-state index in [1.54, 1.807) is 0 Å². The highest BCUT2D eigenvalue weighted by Gasteiger charge is 2.22. The number of ether oxygens (including phenoxy) is 1. The summed E-state index contributed by atoms with van der Waals surface area (Å²) < 4.78 is 32.9. The molecule has 27 heavy (non-hydrogen) atoms. The molecule has 8 heteroatoms. The Morgan fingerprint density at radius 3 is 2.89 bits per heavy atom. The molecule has 0 aliphatic carbocycles. The SMILES string of the molecule is N/C=C(\C(=O)c1c[nH]c(C(=O)NC[C@@H]2CCCO2)c1)c1cccc(F)c1F. The van der Waals surface area contributed by atoms with Crippen molar-refractivity contribution < 1.29 is 23.1 Å². The molecule has 1 fully saturated rings. The largest absolute Gasteiger partial charge is 0.404 e. The number of carbonyl (C=O) groups excluding carboxylic acids is 2. The average Bonchev–Trinajstić information content (AvgIpc) is 3.35. The molecule has 4 N–H and O–H groups in total. The van der Waals surface area contributed by atoms with E-state index in [2.05, 4.69) is 10.3 Å². The van der Waals surface area contributed by atoms with Crippen LogP contribution in [-0.4, -0.2) is 35.9 Å². The standard InChI is InChI=1S/C19H19F2N3O3/c20-15-5-1-4-13(17(15)21)14(8-22)18(25)11-7-16(23-9-11)19(26)24-10-12-3-2-6-27-12/h1,4-5,7-9,12,23H,2-3,6,10,22H2,(H,24,26)/b14-8-/t12-/m0/s1. The number of halogens is 2. The third-order valence-corrected chi connectivity index (χ3v) is 4.36. The highest BCUT2D eigenvalue weighted by molar-refractivity contribution is 6.29. The summed E-state index contributed by atoms with van der Waals surface area (Å²) in [6, 6.07) is 4.83. The molecule has 1 atom stereocenters. The van der Waals surface area contributed by atoms with Gasteiger partial charge in [-0.05, 0) is 25.0 Å². The van der Waals surface area contributed by atoms with Crippen LogP contribution in [0.2, 0.25) is 0 Å². The van der Waals surface area contributed by atoms with Gasteiger partial charge in [-0.3, -0.25) is 9.59 Å². The quantitative estimate of drug-likeness (QED) is 0.533. The van der Waals surface area contributed by atoms with Gasteiger partial charge in [-0.25, -0.2) is 8.78 Å². The van der Waals surface area contributed by atoms with Crippen molar-refractivity contribution in [1.82, 2.24) is 10.3 Å². The van der Waals surface area contributed by atoms with E-state index in [-0.39, 0.29) is 34.4 Å². The topological polar surface area (TPSA) is 97.2 Å². The number of nitrogens with two attached hydrogens (primary N) is 1. The molecule has 6 nitrogen and oxygen atoms in total. The zero-order valence-corrected chi connectivity index (χ0v) is 14.4. The molecule has 1 aromatic carbocycles. The summed E-state index contributed by atoms with van der Waals surface area (Å²) in [5.41, 5.74) is 5.31. The molecule has 0 saturated carbocycles. The van der Waals surface area contributed by atoms with Crippen molar-refractivity contribution >= 4 is 17.3 Å². The van der Waals surface area contributed by atoms with Crippen molar-refractivity contribution in [2.24, 2.45) is 5.73 Å². The number of hydrogen-bond donors (Lipinski definition) is 3. The van der Waals surface area contributed by atoms with Crippen LogP contribution in [0.3, 0.4) is 0 Å². The molecule has 1 saturated heterocycles. The van der Waals surface area contributed by atoms with E-state index in [0.29, 0.717) is 13.2 Å². The van der Waals surface area contributed by atoms with Crippen LogP contribution in [0.25, 0.3) is 5.57 Å². The molecule has 0 unspecified atom stereocenters. The van der Waals surface area contributed by atoms with Gasteiger partial charge in [0.15, 0.2) is 17.4 Å². The molecule has 3 rings (SSSR count). The summed E-state index contributed by atoms with van der Waals surface area (Å²) in [7, 11) is 0. The zero-order chi connectivity index (χ0) is 19.4. The normalized spacial score (nSPS) is 17.1. The van der Waals surface area contributed by atoms with Crippen molar-refractivity contribution in [2.75, 3.05) is 13.2 Å². The number of allylic oxidation sites excluding steroid dienone is 1. The summed E-state index contributed by atoms with van der Waals surface area (Å²) in [5, 5.41) is 2.73. The fourth-order valence-electron chi connectivity index (χ4n) is 2.92. The summed E-state index contributed by atoms with van der Waals surface area (Å²) in [6.45, 7) is 1.07. The second-order valence-electron chi connectivity index (χ2n) is 6.16. The van der Waals surface area contributed by atoms with Crippen molar-refractivity contribution in [2.45, 2.75) is 18.9 Å². The number of ketones is 1. The van der Waals surface area contributed by atoms with Gasteiger partial charge in [-0.1, -0.05) is 12.1 Å². The van der Waals surface area contributed by atoms with E-state index in [0.717, 1.165) is 25.1 Å². The smallest absolute Gasteiger partial charge is 0.267 e. The highest BCUT2D eigenvalue weighted by Crippen LogP contribution is 2.24. The lowest BCUT2D eigenvalue weighted by Gasteiger charge is -2.09. The molecule has 2 aromatic rings. The first-order chi connectivity index (χ1) is 13.0. The number of aromatic amines is 1. The monoisotopic (exact) mass is 375 g/mol. The Labute approximate surface area is 154 Å². The number of benzene rings is 1. The minimum Gasteiger partial charge on any atom is -0.404 e. The number of nitrogens with one attached hydrogen (secondary N) is 2. The number of amides is 1. The van der Waals surface area contributed by atoms with E-state index >= 15 is 0 Å². The lowest BCUT2D eigenvalue weighted by Crippen LogP contribution is -2.31.